The average molecular weight is 346 g/mol. The highest BCUT2D eigenvalue weighted by molar-refractivity contribution is 5.92. The summed E-state index contributed by atoms with van der Waals surface area (Å²) >= 11 is 0. The molecule has 2 N–H and O–H groups in total. The number of rotatable bonds is 2. The van der Waals surface area contributed by atoms with Crippen molar-refractivity contribution in [3.05, 3.63) is 29.6 Å². The van der Waals surface area contributed by atoms with Crippen LogP contribution in [0, 0.1) is 0 Å². The fourth-order valence-electron chi connectivity index (χ4n) is 1.93. The molecule has 0 bridgehead atoms. The molecule has 1 aliphatic rings. The zero-order chi connectivity index (χ0) is 13.9. The van der Waals surface area contributed by atoms with E-state index in [9.17, 15) is 18.0 Å². The van der Waals surface area contributed by atoms with Crippen molar-refractivity contribution >= 4 is 30.7 Å². The summed E-state index contributed by atoms with van der Waals surface area (Å²) in [5.74, 6) is -0.442. The molecule has 4 nitrogen and oxygen atoms in total. The maximum absolute atomic E-state index is 12.3. The number of nitrogens with one attached hydrogen (secondary N) is 2. The van der Waals surface area contributed by atoms with Crippen LogP contribution in [0.5, 0.6) is 0 Å². The molecule has 1 fully saturated rings. The van der Waals surface area contributed by atoms with Gasteiger partial charge in [-0.05, 0) is 31.5 Å². The van der Waals surface area contributed by atoms with Crippen LogP contribution in [0.4, 0.5) is 13.2 Å². The minimum absolute atomic E-state index is 0. The van der Waals surface area contributed by atoms with Crippen LogP contribution in [0.1, 0.15) is 28.9 Å². The molecule has 1 atom stereocenters. The predicted molar refractivity (Wildman–Crippen MR) is 77.1 cm³/mol. The van der Waals surface area contributed by atoms with Crippen molar-refractivity contribution in [1.29, 1.82) is 0 Å². The first kappa shape index (κ1) is 19.9. The van der Waals surface area contributed by atoms with Gasteiger partial charge >= 0.3 is 6.18 Å². The minimum Gasteiger partial charge on any atom is -0.347 e. The Morgan fingerprint density at radius 3 is 2.52 bits per heavy atom. The molecule has 1 saturated heterocycles. The summed E-state index contributed by atoms with van der Waals surface area (Å²) in [7, 11) is 0. The number of carbonyl (C=O) groups excluding carboxylic acids is 1. The van der Waals surface area contributed by atoms with Crippen molar-refractivity contribution in [2.45, 2.75) is 25.1 Å². The normalized spacial score (nSPS) is 18.1. The third kappa shape index (κ3) is 5.68. The standard InChI is InChI=1S/C12H14F3N3O.2ClH/c13-12(14,15)8-3-4-10(17-6-8)11(19)18-9-2-1-5-16-7-9;;/h3-4,6,9,16H,1-2,5,7H2,(H,18,19);2*1H/t9-;;/m1../s1. The van der Waals surface area contributed by atoms with Crippen LogP contribution in [0.3, 0.4) is 0 Å². The molecule has 2 heterocycles. The zero-order valence-electron chi connectivity index (χ0n) is 10.9. The quantitative estimate of drug-likeness (QED) is 0.865. The Morgan fingerprint density at radius 2 is 2.05 bits per heavy atom. The number of amides is 1. The zero-order valence-corrected chi connectivity index (χ0v) is 12.6. The third-order valence-corrected chi connectivity index (χ3v) is 2.96. The van der Waals surface area contributed by atoms with Crippen LogP contribution in [-0.4, -0.2) is 30.0 Å². The van der Waals surface area contributed by atoms with Crippen molar-refractivity contribution in [3.8, 4) is 0 Å². The molecule has 0 aromatic carbocycles. The molecule has 1 amide bonds. The van der Waals surface area contributed by atoms with E-state index in [1.807, 2.05) is 0 Å². The second-order valence-corrected chi connectivity index (χ2v) is 4.45. The maximum Gasteiger partial charge on any atom is 0.417 e. The van der Waals surface area contributed by atoms with Crippen molar-refractivity contribution in [3.63, 3.8) is 0 Å². The number of piperidine rings is 1. The van der Waals surface area contributed by atoms with E-state index in [1.165, 1.54) is 0 Å². The van der Waals surface area contributed by atoms with Crippen LogP contribution in [0.15, 0.2) is 18.3 Å². The molecule has 2 rings (SSSR count). The largest absolute Gasteiger partial charge is 0.417 e. The van der Waals surface area contributed by atoms with Crippen molar-refractivity contribution in [2.24, 2.45) is 0 Å². The first-order chi connectivity index (χ1) is 8.97. The lowest BCUT2D eigenvalue weighted by Gasteiger charge is -2.23. The summed E-state index contributed by atoms with van der Waals surface area (Å²) in [6.07, 6.45) is -1.94. The van der Waals surface area contributed by atoms with Crippen LogP contribution < -0.4 is 10.6 Å². The Labute approximate surface area is 132 Å². The summed E-state index contributed by atoms with van der Waals surface area (Å²) in [5, 5.41) is 5.88. The van der Waals surface area contributed by atoms with Crippen LogP contribution in [0.2, 0.25) is 0 Å². The second kappa shape index (κ2) is 8.41. The molecule has 120 valence electrons. The van der Waals surface area contributed by atoms with E-state index in [0.29, 0.717) is 12.7 Å². The number of alkyl halides is 3. The number of carbonyl (C=O) groups is 1. The fourth-order valence-corrected chi connectivity index (χ4v) is 1.93. The molecule has 0 spiro atoms. The highest BCUT2D eigenvalue weighted by atomic mass is 35.5. The van der Waals surface area contributed by atoms with Gasteiger partial charge in [-0.3, -0.25) is 9.78 Å². The van der Waals surface area contributed by atoms with E-state index in [1.54, 1.807) is 0 Å². The van der Waals surface area contributed by atoms with Gasteiger partial charge < -0.3 is 10.6 Å². The third-order valence-electron chi connectivity index (χ3n) is 2.96. The van der Waals surface area contributed by atoms with E-state index < -0.39 is 17.6 Å². The van der Waals surface area contributed by atoms with Crippen LogP contribution in [-0.2, 0) is 6.18 Å². The Bertz CT molecular complexity index is 448. The topological polar surface area (TPSA) is 54.0 Å². The molecule has 1 aromatic rings. The molecule has 1 aromatic heterocycles. The number of hydrogen-bond donors (Lipinski definition) is 2. The number of halogens is 5. The summed E-state index contributed by atoms with van der Waals surface area (Å²) < 4.78 is 37.0. The van der Waals surface area contributed by atoms with Gasteiger partial charge in [0, 0.05) is 18.8 Å². The lowest BCUT2D eigenvalue weighted by molar-refractivity contribution is -0.137. The van der Waals surface area contributed by atoms with Crippen LogP contribution in [0.25, 0.3) is 0 Å². The summed E-state index contributed by atoms with van der Waals surface area (Å²) in [6, 6.07) is 1.96. The van der Waals surface area contributed by atoms with Gasteiger partial charge in [-0.25, -0.2) is 0 Å². The minimum atomic E-state index is -4.44. The molecular weight excluding hydrogens is 330 g/mol. The molecule has 0 saturated carbocycles. The van der Waals surface area contributed by atoms with Gasteiger partial charge in [0.2, 0.25) is 0 Å². The average Bonchev–Trinajstić information content (AvgIpc) is 2.39. The molecule has 21 heavy (non-hydrogen) atoms. The molecule has 0 aliphatic carbocycles. The Morgan fingerprint density at radius 1 is 1.33 bits per heavy atom. The highest BCUT2D eigenvalue weighted by Crippen LogP contribution is 2.28. The second-order valence-electron chi connectivity index (χ2n) is 4.45. The summed E-state index contributed by atoms with van der Waals surface area (Å²) in [5.41, 5.74) is -0.859. The van der Waals surface area contributed by atoms with Gasteiger partial charge in [0.05, 0.1) is 5.56 Å². The number of nitrogens with zero attached hydrogens (tertiary/aromatic N) is 1. The number of aromatic nitrogens is 1. The molecule has 0 radical (unpaired) electrons. The predicted octanol–water partition coefficient (Wildman–Crippen LogP) is 2.43. The van der Waals surface area contributed by atoms with Crippen molar-refractivity contribution < 1.29 is 18.0 Å². The van der Waals surface area contributed by atoms with Gasteiger partial charge in [-0.15, -0.1) is 24.8 Å². The summed E-state index contributed by atoms with van der Waals surface area (Å²) in [6.45, 7) is 1.59. The van der Waals surface area contributed by atoms with Gasteiger partial charge in [0.25, 0.3) is 5.91 Å². The highest BCUT2D eigenvalue weighted by Gasteiger charge is 2.31. The fraction of sp³-hybridized carbons (Fsp3) is 0.500. The number of hydrogen-bond acceptors (Lipinski definition) is 3. The monoisotopic (exact) mass is 345 g/mol. The molecule has 0 unspecified atom stereocenters. The van der Waals surface area contributed by atoms with Crippen LogP contribution >= 0.6 is 24.8 Å². The van der Waals surface area contributed by atoms with E-state index in [4.69, 9.17) is 0 Å². The molecular formula is C12H16Cl2F3N3O. The lowest BCUT2D eigenvalue weighted by Crippen LogP contribution is -2.45. The Kier molecular flexibility index (Phi) is 7.99. The molecule has 9 heteroatoms. The van der Waals surface area contributed by atoms with Gasteiger partial charge in [-0.1, -0.05) is 0 Å². The lowest BCUT2D eigenvalue weighted by atomic mass is 10.1. The maximum atomic E-state index is 12.3. The van der Waals surface area contributed by atoms with E-state index in [0.717, 1.165) is 31.5 Å². The van der Waals surface area contributed by atoms with E-state index in [2.05, 4.69) is 15.6 Å². The first-order valence-electron chi connectivity index (χ1n) is 6.01. The molecule has 1 aliphatic heterocycles. The van der Waals surface area contributed by atoms with Crippen molar-refractivity contribution in [1.82, 2.24) is 15.6 Å². The van der Waals surface area contributed by atoms with Crippen molar-refractivity contribution in [2.75, 3.05) is 13.1 Å². The Hall–Kier alpha value is -1.05. The van der Waals surface area contributed by atoms with Gasteiger partial charge in [0.15, 0.2) is 0 Å². The van der Waals surface area contributed by atoms with Gasteiger partial charge in [0.1, 0.15) is 5.69 Å². The SMILES string of the molecule is Cl.Cl.O=C(N[C@@H]1CCCNC1)c1ccc(C(F)(F)F)cn1. The summed E-state index contributed by atoms with van der Waals surface area (Å²) in [4.78, 5) is 15.3. The smallest absolute Gasteiger partial charge is 0.347 e. The van der Waals surface area contributed by atoms with Gasteiger partial charge in [-0.2, -0.15) is 13.2 Å². The van der Waals surface area contributed by atoms with E-state index in [-0.39, 0.29) is 36.5 Å². The van der Waals surface area contributed by atoms with E-state index >= 15 is 0 Å². The number of pyridine rings is 1. The Balaban J connectivity index is 0.00000200. The first-order valence-corrected chi connectivity index (χ1v) is 6.01.